The number of hydrogen-bond acceptors (Lipinski definition) is 3. The third-order valence-corrected chi connectivity index (χ3v) is 4.89. The summed E-state index contributed by atoms with van der Waals surface area (Å²) < 4.78 is 5.71. The summed E-state index contributed by atoms with van der Waals surface area (Å²) in [5.41, 5.74) is 0. The van der Waals surface area contributed by atoms with Crippen molar-refractivity contribution in [1.29, 1.82) is 0 Å². The molecule has 1 aromatic carbocycles. The van der Waals surface area contributed by atoms with E-state index in [-0.39, 0.29) is 6.61 Å². The first-order chi connectivity index (χ1) is 12.9. The number of ether oxygens (including phenoxy) is 1. The molecule has 3 heteroatoms. The molecule has 0 aliphatic heterocycles. The fourth-order valence-corrected chi connectivity index (χ4v) is 3.19. The van der Waals surface area contributed by atoms with Gasteiger partial charge < -0.3 is 15.2 Å². The zero-order valence-electron chi connectivity index (χ0n) is 16.9. The predicted molar refractivity (Wildman–Crippen MR) is 112 cm³/mol. The normalized spacial score (nSPS) is 12.2. The molecule has 2 N–H and O–H groups in total. The van der Waals surface area contributed by atoms with Crippen molar-refractivity contribution in [2.75, 3.05) is 19.8 Å². The van der Waals surface area contributed by atoms with E-state index in [0.29, 0.717) is 6.04 Å². The zero-order valence-corrected chi connectivity index (χ0v) is 16.9. The topological polar surface area (TPSA) is 41.5 Å². The summed E-state index contributed by atoms with van der Waals surface area (Å²) in [6.45, 7) is 4.36. The highest BCUT2D eigenvalue weighted by atomic mass is 16.5. The van der Waals surface area contributed by atoms with Gasteiger partial charge in [0.1, 0.15) is 5.75 Å². The first kappa shape index (κ1) is 23.0. The number of nitrogens with one attached hydrogen (secondary N) is 1. The summed E-state index contributed by atoms with van der Waals surface area (Å²) in [4.78, 5) is 0. The average molecular weight is 364 g/mol. The Kier molecular flexibility index (Phi) is 15.3. The summed E-state index contributed by atoms with van der Waals surface area (Å²) in [5.74, 6) is 0.984. The lowest BCUT2D eigenvalue weighted by Gasteiger charge is -2.15. The lowest BCUT2D eigenvalue weighted by Crippen LogP contribution is -2.33. The van der Waals surface area contributed by atoms with Crippen LogP contribution in [-0.2, 0) is 0 Å². The van der Waals surface area contributed by atoms with Gasteiger partial charge in [-0.1, -0.05) is 82.9 Å². The summed E-state index contributed by atoms with van der Waals surface area (Å²) in [5, 5.41) is 12.8. The molecule has 0 spiro atoms. The van der Waals surface area contributed by atoms with Crippen molar-refractivity contribution >= 4 is 0 Å². The van der Waals surface area contributed by atoms with E-state index in [1.807, 2.05) is 30.3 Å². The average Bonchev–Trinajstić information content (AvgIpc) is 2.68. The minimum atomic E-state index is 0.274. The van der Waals surface area contributed by atoms with Crippen LogP contribution >= 0.6 is 0 Å². The van der Waals surface area contributed by atoms with Gasteiger partial charge in [-0.3, -0.25) is 0 Å². The minimum absolute atomic E-state index is 0.274. The fraction of sp³-hybridized carbons (Fsp3) is 0.739. The van der Waals surface area contributed by atoms with Crippen molar-refractivity contribution in [2.45, 2.75) is 90.0 Å². The van der Waals surface area contributed by atoms with Gasteiger partial charge in [-0.25, -0.2) is 0 Å². The fourth-order valence-electron chi connectivity index (χ4n) is 3.19. The molecule has 0 saturated heterocycles. The SMILES string of the molecule is CCCCC(CO)NCCCCCCCCCCCOc1ccccc1. The second-order valence-electron chi connectivity index (χ2n) is 7.32. The first-order valence-electron chi connectivity index (χ1n) is 10.9. The van der Waals surface area contributed by atoms with E-state index in [1.54, 1.807) is 0 Å². The molecule has 0 heterocycles. The molecular formula is C23H41NO2. The van der Waals surface area contributed by atoms with Crippen molar-refractivity contribution in [1.82, 2.24) is 5.32 Å². The highest BCUT2D eigenvalue weighted by Gasteiger charge is 2.04. The van der Waals surface area contributed by atoms with E-state index >= 15 is 0 Å². The van der Waals surface area contributed by atoms with Crippen LogP contribution in [-0.4, -0.2) is 30.9 Å². The van der Waals surface area contributed by atoms with E-state index in [2.05, 4.69) is 12.2 Å². The molecule has 0 fully saturated rings. The van der Waals surface area contributed by atoms with Crippen LogP contribution in [0.3, 0.4) is 0 Å². The first-order valence-corrected chi connectivity index (χ1v) is 10.9. The monoisotopic (exact) mass is 363 g/mol. The molecule has 0 aromatic heterocycles. The van der Waals surface area contributed by atoms with E-state index in [9.17, 15) is 5.11 Å². The third kappa shape index (κ3) is 13.2. The van der Waals surface area contributed by atoms with Gasteiger partial charge in [0.15, 0.2) is 0 Å². The predicted octanol–water partition coefficient (Wildman–Crippen LogP) is 5.72. The Hall–Kier alpha value is -1.06. The summed E-state index contributed by atoms with van der Waals surface area (Å²) >= 11 is 0. The van der Waals surface area contributed by atoms with Gasteiger partial charge in [-0.15, -0.1) is 0 Å². The number of para-hydroxylation sites is 1. The van der Waals surface area contributed by atoms with E-state index in [0.717, 1.165) is 31.7 Å². The molecular weight excluding hydrogens is 322 g/mol. The van der Waals surface area contributed by atoms with Crippen molar-refractivity contribution in [2.24, 2.45) is 0 Å². The molecule has 150 valence electrons. The Labute approximate surface area is 161 Å². The van der Waals surface area contributed by atoms with Crippen LogP contribution in [0.15, 0.2) is 30.3 Å². The van der Waals surface area contributed by atoms with Crippen LogP contribution in [0.4, 0.5) is 0 Å². The molecule has 0 saturated carbocycles. The lowest BCUT2D eigenvalue weighted by molar-refractivity contribution is 0.233. The second kappa shape index (κ2) is 17.4. The molecule has 0 amide bonds. The van der Waals surface area contributed by atoms with E-state index < -0.39 is 0 Å². The lowest BCUT2D eigenvalue weighted by atomic mass is 10.1. The van der Waals surface area contributed by atoms with Crippen LogP contribution in [0.25, 0.3) is 0 Å². The number of unbranched alkanes of at least 4 members (excludes halogenated alkanes) is 9. The molecule has 1 atom stereocenters. The summed E-state index contributed by atoms with van der Waals surface area (Å²) in [6.07, 6.45) is 15.2. The third-order valence-electron chi connectivity index (χ3n) is 4.89. The molecule has 26 heavy (non-hydrogen) atoms. The largest absolute Gasteiger partial charge is 0.494 e. The van der Waals surface area contributed by atoms with Gasteiger partial charge in [0.2, 0.25) is 0 Å². The van der Waals surface area contributed by atoms with Crippen LogP contribution < -0.4 is 10.1 Å². The Morgan fingerprint density at radius 2 is 1.46 bits per heavy atom. The van der Waals surface area contributed by atoms with Gasteiger partial charge in [-0.2, -0.15) is 0 Å². The quantitative estimate of drug-likeness (QED) is 0.328. The molecule has 1 aromatic rings. The van der Waals surface area contributed by atoms with E-state index in [1.165, 1.54) is 64.2 Å². The van der Waals surface area contributed by atoms with Crippen molar-refractivity contribution in [3.63, 3.8) is 0 Å². The van der Waals surface area contributed by atoms with Crippen LogP contribution in [0, 0.1) is 0 Å². The number of aliphatic hydroxyl groups excluding tert-OH is 1. The van der Waals surface area contributed by atoms with E-state index in [4.69, 9.17) is 4.74 Å². The molecule has 0 radical (unpaired) electrons. The minimum Gasteiger partial charge on any atom is -0.494 e. The van der Waals surface area contributed by atoms with Crippen molar-refractivity contribution in [3.05, 3.63) is 30.3 Å². The number of rotatable bonds is 18. The maximum absolute atomic E-state index is 9.32. The Balaban J connectivity index is 1.78. The number of aliphatic hydroxyl groups is 1. The van der Waals surface area contributed by atoms with Gasteiger partial charge in [0, 0.05) is 6.04 Å². The molecule has 3 nitrogen and oxygen atoms in total. The van der Waals surface area contributed by atoms with Crippen LogP contribution in [0.2, 0.25) is 0 Å². The standard InChI is InChI=1S/C23H41NO2/c1-2-3-16-22(21-25)24-19-14-9-7-5-4-6-8-10-15-20-26-23-17-12-11-13-18-23/h11-13,17-18,22,24-25H,2-10,14-16,19-21H2,1H3. The second-order valence-corrected chi connectivity index (χ2v) is 7.32. The Morgan fingerprint density at radius 1 is 0.846 bits per heavy atom. The summed E-state index contributed by atoms with van der Waals surface area (Å²) in [7, 11) is 0. The Bertz CT molecular complexity index is 396. The molecule has 0 bridgehead atoms. The maximum Gasteiger partial charge on any atom is 0.119 e. The van der Waals surface area contributed by atoms with Crippen LogP contribution in [0.1, 0.15) is 84.0 Å². The molecule has 1 unspecified atom stereocenters. The van der Waals surface area contributed by atoms with Crippen molar-refractivity contribution in [3.8, 4) is 5.75 Å². The molecule has 0 aliphatic rings. The van der Waals surface area contributed by atoms with Crippen LogP contribution in [0.5, 0.6) is 5.75 Å². The Morgan fingerprint density at radius 3 is 2.08 bits per heavy atom. The smallest absolute Gasteiger partial charge is 0.119 e. The van der Waals surface area contributed by atoms with Gasteiger partial charge in [-0.05, 0) is 37.9 Å². The van der Waals surface area contributed by atoms with Gasteiger partial charge in [0.25, 0.3) is 0 Å². The maximum atomic E-state index is 9.32. The molecule has 1 rings (SSSR count). The van der Waals surface area contributed by atoms with Gasteiger partial charge in [0.05, 0.1) is 13.2 Å². The number of benzene rings is 1. The highest BCUT2D eigenvalue weighted by Crippen LogP contribution is 2.12. The summed E-state index contributed by atoms with van der Waals surface area (Å²) in [6, 6.07) is 10.4. The highest BCUT2D eigenvalue weighted by molar-refractivity contribution is 5.20. The molecule has 0 aliphatic carbocycles. The zero-order chi connectivity index (χ0) is 18.7. The van der Waals surface area contributed by atoms with Crippen molar-refractivity contribution < 1.29 is 9.84 Å². The number of hydrogen-bond donors (Lipinski definition) is 2. The van der Waals surface area contributed by atoms with Gasteiger partial charge >= 0.3 is 0 Å².